The van der Waals surface area contributed by atoms with Gasteiger partial charge in [-0.3, -0.25) is 0 Å². The highest BCUT2D eigenvalue weighted by Crippen LogP contribution is 2.15. The maximum atomic E-state index is 8.98. The summed E-state index contributed by atoms with van der Waals surface area (Å²) in [4.78, 5) is 6.86. The third kappa shape index (κ3) is 1.15. The highest BCUT2D eigenvalue weighted by atomic mass is 16.3. The van der Waals surface area contributed by atoms with Gasteiger partial charge >= 0.3 is 0 Å². The van der Waals surface area contributed by atoms with Gasteiger partial charge in [-0.15, -0.1) is 0 Å². The standard InChI is InChI=1S/C9H7N3O/c10-4-8-11-7-3-1-2-6(5-13)9(7)12-8/h1-3,13H,5H2,(H,11,12). The number of aliphatic hydroxyl groups is 1. The number of fused-ring (bicyclic) bond motifs is 1. The second-order valence-electron chi connectivity index (χ2n) is 2.67. The molecule has 1 aromatic carbocycles. The topological polar surface area (TPSA) is 72.7 Å². The fraction of sp³-hybridized carbons (Fsp3) is 0.111. The average molecular weight is 173 g/mol. The van der Waals surface area contributed by atoms with Gasteiger partial charge in [-0.2, -0.15) is 5.26 Å². The van der Waals surface area contributed by atoms with Crippen LogP contribution in [0.5, 0.6) is 0 Å². The van der Waals surface area contributed by atoms with Crippen molar-refractivity contribution in [2.45, 2.75) is 6.61 Å². The first-order valence-corrected chi connectivity index (χ1v) is 3.83. The van der Waals surface area contributed by atoms with Gasteiger partial charge in [0.2, 0.25) is 5.82 Å². The number of nitrogens with one attached hydrogen (secondary N) is 1. The number of nitrogens with zero attached hydrogens (tertiary/aromatic N) is 2. The van der Waals surface area contributed by atoms with Gasteiger partial charge in [-0.1, -0.05) is 12.1 Å². The Morgan fingerprint density at radius 1 is 1.54 bits per heavy atom. The molecule has 0 aliphatic rings. The zero-order valence-electron chi connectivity index (χ0n) is 6.78. The van der Waals surface area contributed by atoms with Gasteiger partial charge in [-0.25, -0.2) is 4.98 Å². The highest BCUT2D eigenvalue weighted by Gasteiger charge is 2.04. The number of H-pyrrole nitrogens is 1. The smallest absolute Gasteiger partial charge is 0.211 e. The first-order chi connectivity index (χ1) is 6.35. The summed E-state index contributed by atoms with van der Waals surface area (Å²) in [7, 11) is 0. The molecular formula is C9H7N3O. The van der Waals surface area contributed by atoms with E-state index in [9.17, 15) is 0 Å². The van der Waals surface area contributed by atoms with Crippen molar-refractivity contribution in [3.63, 3.8) is 0 Å². The molecule has 0 atom stereocenters. The molecule has 64 valence electrons. The van der Waals surface area contributed by atoms with Crippen LogP contribution < -0.4 is 0 Å². The van der Waals surface area contributed by atoms with E-state index in [0.29, 0.717) is 5.52 Å². The molecule has 0 spiro atoms. The Labute approximate surface area is 74.5 Å². The zero-order chi connectivity index (χ0) is 9.26. The lowest BCUT2D eigenvalue weighted by Crippen LogP contribution is -1.84. The van der Waals surface area contributed by atoms with Crippen molar-refractivity contribution in [2.75, 3.05) is 0 Å². The molecule has 1 heterocycles. The molecule has 13 heavy (non-hydrogen) atoms. The fourth-order valence-electron chi connectivity index (χ4n) is 1.27. The van der Waals surface area contributed by atoms with Crippen LogP contribution in [0.25, 0.3) is 11.0 Å². The second-order valence-corrected chi connectivity index (χ2v) is 2.67. The van der Waals surface area contributed by atoms with Crippen molar-refractivity contribution in [2.24, 2.45) is 0 Å². The van der Waals surface area contributed by atoms with Crippen LogP contribution in [0.1, 0.15) is 11.4 Å². The Kier molecular flexibility index (Phi) is 1.72. The van der Waals surface area contributed by atoms with Gasteiger partial charge in [0.15, 0.2) is 0 Å². The first kappa shape index (κ1) is 7.77. The Bertz CT molecular complexity index is 481. The van der Waals surface area contributed by atoms with E-state index >= 15 is 0 Å². The Hall–Kier alpha value is -1.86. The van der Waals surface area contributed by atoms with E-state index in [1.54, 1.807) is 6.07 Å². The molecule has 4 nitrogen and oxygen atoms in total. The van der Waals surface area contributed by atoms with E-state index in [0.717, 1.165) is 11.1 Å². The summed E-state index contributed by atoms with van der Waals surface area (Å²) >= 11 is 0. The van der Waals surface area contributed by atoms with E-state index in [4.69, 9.17) is 10.4 Å². The Morgan fingerprint density at radius 2 is 2.38 bits per heavy atom. The number of aromatic nitrogens is 2. The molecule has 0 amide bonds. The summed E-state index contributed by atoms with van der Waals surface area (Å²) in [5.41, 5.74) is 2.18. The minimum absolute atomic E-state index is 0.0624. The molecule has 0 radical (unpaired) electrons. The predicted octanol–water partition coefficient (Wildman–Crippen LogP) is 0.927. The number of rotatable bonds is 1. The minimum Gasteiger partial charge on any atom is -0.392 e. The van der Waals surface area contributed by atoms with Crippen molar-refractivity contribution < 1.29 is 5.11 Å². The quantitative estimate of drug-likeness (QED) is 0.673. The fourth-order valence-corrected chi connectivity index (χ4v) is 1.27. The van der Waals surface area contributed by atoms with Gasteiger partial charge < -0.3 is 10.1 Å². The van der Waals surface area contributed by atoms with E-state index in [2.05, 4.69) is 9.97 Å². The summed E-state index contributed by atoms with van der Waals surface area (Å²) in [6, 6.07) is 7.34. The molecule has 0 aliphatic heterocycles. The number of hydrogen-bond acceptors (Lipinski definition) is 3. The van der Waals surface area contributed by atoms with Crippen molar-refractivity contribution >= 4 is 11.0 Å². The third-order valence-corrected chi connectivity index (χ3v) is 1.87. The average Bonchev–Trinajstić information content (AvgIpc) is 2.59. The van der Waals surface area contributed by atoms with Crippen LogP contribution in [0.4, 0.5) is 0 Å². The van der Waals surface area contributed by atoms with E-state index in [1.165, 1.54) is 0 Å². The molecule has 0 bridgehead atoms. The summed E-state index contributed by atoms with van der Waals surface area (Å²) in [6.07, 6.45) is 0. The van der Waals surface area contributed by atoms with Gasteiger partial charge in [0.25, 0.3) is 0 Å². The number of imidazole rings is 1. The van der Waals surface area contributed by atoms with Gasteiger partial charge in [0.05, 0.1) is 17.6 Å². The van der Waals surface area contributed by atoms with E-state index in [1.807, 2.05) is 18.2 Å². The van der Waals surface area contributed by atoms with Crippen LogP contribution in [-0.2, 0) is 6.61 Å². The SMILES string of the molecule is N#Cc1nc2c(CO)cccc2[nH]1. The van der Waals surface area contributed by atoms with E-state index in [-0.39, 0.29) is 12.4 Å². The summed E-state index contributed by atoms with van der Waals surface area (Å²) in [6.45, 7) is -0.0624. The van der Waals surface area contributed by atoms with E-state index < -0.39 is 0 Å². The molecule has 4 heteroatoms. The van der Waals surface area contributed by atoms with Crippen molar-refractivity contribution in [3.8, 4) is 6.07 Å². The number of aromatic amines is 1. The number of nitriles is 1. The van der Waals surface area contributed by atoms with Crippen LogP contribution in [0.15, 0.2) is 18.2 Å². The van der Waals surface area contributed by atoms with Crippen LogP contribution >= 0.6 is 0 Å². The Morgan fingerprint density at radius 3 is 3.08 bits per heavy atom. The molecule has 0 fully saturated rings. The summed E-state index contributed by atoms with van der Waals surface area (Å²) in [5, 5.41) is 17.6. The monoisotopic (exact) mass is 173 g/mol. The van der Waals surface area contributed by atoms with Gasteiger partial charge in [0.1, 0.15) is 6.07 Å². The molecule has 2 aromatic rings. The van der Waals surface area contributed by atoms with Crippen molar-refractivity contribution in [3.05, 3.63) is 29.6 Å². The number of para-hydroxylation sites is 1. The minimum atomic E-state index is -0.0624. The Balaban J connectivity index is 2.76. The van der Waals surface area contributed by atoms with Crippen LogP contribution in [0.2, 0.25) is 0 Å². The molecule has 1 aromatic heterocycles. The zero-order valence-corrected chi connectivity index (χ0v) is 6.78. The highest BCUT2D eigenvalue weighted by molar-refractivity contribution is 5.79. The maximum Gasteiger partial charge on any atom is 0.211 e. The molecular weight excluding hydrogens is 166 g/mol. The number of benzene rings is 1. The normalized spacial score (nSPS) is 10.2. The molecule has 0 aliphatic carbocycles. The van der Waals surface area contributed by atoms with Crippen molar-refractivity contribution in [1.29, 1.82) is 5.26 Å². The number of aliphatic hydroxyl groups excluding tert-OH is 1. The summed E-state index contributed by atoms with van der Waals surface area (Å²) in [5.74, 6) is 0.274. The van der Waals surface area contributed by atoms with Crippen LogP contribution in [0.3, 0.4) is 0 Å². The van der Waals surface area contributed by atoms with Gasteiger partial charge in [0, 0.05) is 5.56 Å². The maximum absolute atomic E-state index is 8.98. The van der Waals surface area contributed by atoms with Crippen molar-refractivity contribution in [1.82, 2.24) is 9.97 Å². The molecule has 2 rings (SSSR count). The van der Waals surface area contributed by atoms with Crippen LogP contribution in [-0.4, -0.2) is 15.1 Å². The third-order valence-electron chi connectivity index (χ3n) is 1.87. The van der Waals surface area contributed by atoms with Gasteiger partial charge in [-0.05, 0) is 6.07 Å². The lowest BCUT2D eigenvalue weighted by Gasteiger charge is -1.94. The molecule has 2 N–H and O–H groups in total. The van der Waals surface area contributed by atoms with Crippen LogP contribution in [0, 0.1) is 11.3 Å². The first-order valence-electron chi connectivity index (χ1n) is 3.83. The molecule has 0 unspecified atom stereocenters. The predicted molar refractivity (Wildman–Crippen MR) is 46.7 cm³/mol. The lowest BCUT2D eigenvalue weighted by molar-refractivity contribution is 0.283. The second kappa shape index (κ2) is 2.88. The largest absolute Gasteiger partial charge is 0.392 e. The number of hydrogen-bond donors (Lipinski definition) is 2. The summed E-state index contributed by atoms with van der Waals surface area (Å²) < 4.78 is 0. The molecule has 0 saturated heterocycles. The lowest BCUT2D eigenvalue weighted by atomic mass is 10.2. The molecule has 0 saturated carbocycles.